The van der Waals surface area contributed by atoms with Crippen molar-refractivity contribution >= 4 is 0 Å². The molecule has 96 valence electrons. The van der Waals surface area contributed by atoms with Crippen LogP contribution in [0.3, 0.4) is 0 Å². The minimum Gasteiger partial charge on any atom is -0.372 e. The summed E-state index contributed by atoms with van der Waals surface area (Å²) >= 11 is 0. The number of ether oxygens (including phenoxy) is 1. The van der Waals surface area contributed by atoms with E-state index >= 15 is 0 Å². The summed E-state index contributed by atoms with van der Waals surface area (Å²) in [5.41, 5.74) is 1.23. The summed E-state index contributed by atoms with van der Waals surface area (Å²) in [5.74, 6) is 0. The van der Waals surface area contributed by atoms with E-state index in [4.69, 9.17) is 4.74 Å². The molecule has 1 aliphatic heterocycles. The Morgan fingerprint density at radius 1 is 1.53 bits per heavy atom. The zero-order chi connectivity index (χ0) is 12.1. The van der Waals surface area contributed by atoms with Gasteiger partial charge in [0.25, 0.3) is 0 Å². The minimum atomic E-state index is 0.210. The fraction of sp³-hybridized carbons (Fsp3) is 0.769. The summed E-state index contributed by atoms with van der Waals surface area (Å²) in [4.78, 5) is 4.25. The second-order valence-electron chi connectivity index (χ2n) is 4.65. The van der Waals surface area contributed by atoms with Crippen molar-refractivity contribution in [1.82, 2.24) is 14.9 Å². The number of aryl methyl sites for hydroxylation is 1. The van der Waals surface area contributed by atoms with Gasteiger partial charge in [-0.2, -0.15) is 0 Å². The van der Waals surface area contributed by atoms with E-state index in [1.165, 1.54) is 5.69 Å². The molecule has 1 saturated heterocycles. The lowest BCUT2D eigenvalue weighted by Gasteiger charge is -2.30. The Hall–Kier alpha value is -0.870. The number of hydrogen-bond donors (Lipinski definition) is 1. The van der Waals surface area contributed by atoms with E-state index in [0.29, 0.717) is 6.04 Å². The van der Waals surface area contributed by atoms with Crippen LogP contribution in [0.2, 0.25) is 0 Å². The van der Waals surface area contributed by atoms with Crippen molar-refractivity contribution in [1.29, 1.82) is 0 Å². The largest absolute Gasteiger partial charge is 0.372 e. The van der Waals surface area contributed by atoms with Gasteiger partial charge in [-0.05, 0) is 25.8 Å². The minimum absolute atomic E-state index is 0.210. The predicted molar refractivity (Wildman–Crippen MR) is 67.9 cm³/mol. The molecule has 17 heavy (non-hydrogen) atoms. The van der Waals surface area contributed by atoms with Gasteiger partial charge in [0.15, 0.2) is 0 Å². The van der Waals surface area contributed by atoms with E-state index in [1.807, 2.05) is 12.5 Å². The van der Waals surface area contributed by atoms with Crippen LogP contribution < -0.4 is 5.32 Å². The Morgan fingerprint density at radius 3 is 3.18 bits per heavy atom. The normalized spacial score (nSPS) is 25.1. The maximum absolute atomic E-state index is 5.89. The van der Waals surface area contributed by atoms with E-state index in [-0.39, 0.29) is 6.10 Å². The molecule has 1 fully saturated rings. The smallest absolute Gasteiger partial charge is 0.100 e. The highest BCUT2D eigenvalue weighted by molar-refractivity contribution is 5.05. The number of nitrogens with zero attached hydrogens (tertiary/aromatic N) is 2. The van der Waals surface area contributed by atoms with Gasteiger partial charge < -0.3 is 14.6 Å². The summed E-state index contributed by atoms with van der Waals surface area (Å²) in [7, 11) is 0. The number of imidazole rings is 1. The van der Waals surface area contributed by atoms with Crippen molar-refractivity contribution in [2.75, 3.05) is 13.2 Å². The van der Waals surface area contributed by atoms with Gasteiger partial charge in [-0.25, -0.2) is 4.98 Å². The molecule has 1 aliphatic rings. The number of aromatic nitrogens is 2. The van der Waals surface area contributed by atoms with Crippen LogP contribution in [0.4, 0.5) is 0 Å². The summed E-state index contributed by atoms with van der Waals surface area (Å²) in [6.45, 7) is 7.26. The fourth-order valence-corrected chi connectivity index (χ4v) is 2.50. The Kier molecular flexibility index (Phi) is 4.57. The van der Waals surface area contributed by atoms with E-state index in [0.717, 1.165) is 39.0 Å². The first kappa shape index (κ1) is 12.6. The maximum atomic E-state index is 5.89. The summed E-state index contributed by atoms with van der Waals surface area (Å²) in [6.07, 6.45) is 7.39. The molecule has 0 aromatic carbocycles. The lowest BCUT2D eigenvalue weighted by Crippen LogP contribution is -2.36. The fourth-order valence-electron chi connectivity index (χ4n) is 2.50. The molecular weight excluding hydrogens is 214 g/mol. The van der Waals surface area contributed by atoms with Crippen molar-refractivity contribution in [3.63, 3.8) is 0 Å². The summed E-state index contributed by atoms with van der Waals surface area (Å²) in [6, 6.07) is 0.587. The second kappa shape index (κ2) is 6.17. The lowest BCUT2D eigenvalue weighted by molar-refractivity contribution is -0.00390. The van der Waals surface area contributed by atoms with Gasteiger partial charge >= 0.3 is 0 Å². The molecule has 0 amide bonds. The Bertz CT molecular complexity index is 335. The van der Waals surface area contributed by atoms with Gasteiger partial charge in [0.2, 0.25) is 0 Å². The molecule has 0 saturated carbocycles. The molecule has 2 atom stereocenters. The first-order valence-corrected chi connectivity index (χ1v) is 6.70. The van der Waals surface area contributed by atoms with E-state index in [9.17, 15) is 0 Å². The second-order valence-corrected chi connectivity index (χ2v) is 4.65. The highest BCUT2D eigenvalue weighted by atomic mass is 16.5. The predicted octanol–water partition coefficient (Wildman–Crippen LogP) is 2.12. The molecule has 2 heterocycles. The van der Waals surface area contributed by atoms with Gasteiger partial charge in [0.1, 0.15) is 6.10 Å². The van der Waals surface area contributed by atoms with Crippen molar-refractivity contribution in [2.45, 2.75) is 51.8 Å². The van der Waals surface area contributed by atoms with Crippen molar-refractivity contribution in [2.24, 2.45) is 0 Å². The molecule has 0 bridgehead atoms. The van der Waals surface area contributed by atoms with Gasteiger partial charge in [-0.1, -0.05) is 13.8 Å². The van der Waals surface area contributed by atoms with Crippen LogP contribution in [-0.2, 0) is 11.3 Å². The Labute approximate surface area is 103 Å². The molecule has 0 radical (unpaired) electrons. The Balaban J connectivity index is 2.02. The van der Waals surface area contributed by atoms with Crippen LogP contribution in [-0.4, -0.2) is 28.7 Å². The molecular formula is C13H23N3O. The monoisotopic (exact) mass is 237 g/mol. The molecule has 4 heteroatoms. The molecule has 4 nitrogen and oxygen atoms in total. The SMILES string of the molecule is CCCn1cncc1C1CC(NCC)CCO1. The molecule has 1 aromatic rings. The average molecular weight is 237 g/mol. The Morgan fingerprint density at radius 2 is 2.41 bits per heavy atom. The van der Waals surface area contributed by atoms with E-state index < -0.39 is 0 Å². The molecule has 2 rings (SSSR count). The first-order valence-electron chi connectivity index (χ1n) is 6.70. The number of hydrogen-bond acceptors (Lipinski definition) is 3. The lowest BCUT2D eigenvalue weighted by atomic mass is 10.0. The zero-order valence-electron chi connectivity index (χ0n) is 10.9. The number of nitrogens with one attached hydrogen (secondary N) is 1. The van der Waals surface area contributed by atoms with Crippen molar-refractivity contribution < 1.29 is 4.74 Å². The molecule has 1 N–H and O–H groups in total. The average Bonchev–Trinajstić information content (AvgIpc) is 2.79. The highest BCUT2D eigenvalue weighted by Crippen LogP contribution is 2.28. The van der Waals surface area contributed by atoms with Crippen LogP contribution in [0.5, 0.6) is 0 Å². The van der Waals surface area contributed by atoms with Crippen molar-refractivity contribution in [3.8, 4) is 0 Å². The number of rotatable bonds is 5. The van der Waals surface area contributed by atoms with Crippen LogP contribution in [0.15, 0.2) is 12.5 Å². The summed E-state index contributed by atoms with van der Waals surface area (Å²) in [5, 5.41) is 3.52. The van der Waals surface area contributed by atoms with Gasteiger partial charge in [-0.15, -0.1) is 0 Å². The van der Waals surface area contributed by atoms with E-state index in [2.05, 4.69) is 28.7 Å². The highest BCUT2D eigenvalue weighted by Gasteiger charge is 2.25. The first-order chi connectivity index (χ1) is 8.35. The molecule has 0 spiro atoms. The molecule has 2 unspecified atom stereocenters. The van der Waals surface area contributed by atoms with Gasteiger partial charge in [0, 0.05) is 19.2 Å². The third-order valence-electron chi connectivity index (χ3n) is 3.32. The van der Waals surface area contributed by atoms with Crippen LogP contribution >= 0.6 is 0 Å². The summed E-state index contributed by atoms with van der Waals surface area (Å²) < 4.78 is 8.11. The quantitative estimate of drug-likeness (QED) is 0.852. The van der Waals surface area contributed by atoms with Crippen LogP contribution in [0, 0.1) is 0 Å². The zero-order valence-corrected chi connectivity index (χ0v) is 10.9. The maximum Gasteiger partial charge on any atom is 0.100 e. The standard InChI is InChI=1S/C13H23N3O/c1-3-6-16-10-14-9-12(16)13-8-11(15-4-2)5-7-17-13/h9-11,13,15H,3-8H2,1-2H3. The topological polar surface area (TPSA) is 39.1 Å². The molecule has 1 aromatic heterocycles. The third kappa shape index (κ3) is 3.07. The van der Waals surface area contributed by atoms with Crippen molar-refractivity contribution in [3.05, 3.63) is 18.2 Å². The van der Waals surface area contributed by atoms with Crippen LogP contribution in [0.25, 0.3) is 0 Å². The molecule has 0 aliphatic carbocycles. The van der Waals surface area contributed by atoms with Crippen LogP contribution in [0.1, 0.15) is 44.9 Å². The van der Waals surface area contributed by atoms with Gasteiger partial charge in [0.05, 0.1) is 18.2 Å². The van der Waals surface area contributed by atoms with E-state index in [1.54, 1.807) is 0 Å². The van der Waals surface area contributed by atoms with Gasteiger partial charge in [-0.3, -0.25) is 0 Å². The third-order valence-corrected chi connectivity index (χ3v) is 3.32.